The smallest absolute Gasteiger partial charge is 0.225 e. The van der Waals surface area contributed by atoms with Crippen molar-refractivity contribution in [1.82, 2.24) is 24.7 Å². The second-order valence-electron chi connectivity index (χ2n) is 8.49. The van der Waals surface area contributed by atoms with Crippen LogP contribution in [0.2, 0.25) is 5.02 Å². The van der Waals surface area contributed by atoms with Crippen LogP contribution in [-0.4, -0.2) is 56.8 Å². The standard InChI is InChI=1S/C23H27ClN6O/c24-19-7-5-17(6-8-19)22-26-25-20-9-10-21(27-30(20)22)28-15-11-18(12-16-28)23(31)29-13-3-1-2-4-14-29/h5-10,18H,1-4,11-16H2. The first kappa shape index (κ1) is 20.2. The maximum atomic E-state index is 13.0. The molecule has 4 heterocycles. The molecule has 31 heavy (non-hydrogen) atoms. The van der Waals surface area contributed by atoms with Gasteiger partial charge in [0.1, 0.15) is 5.82 Å². The molecule has 2 aromatic heterocycles. The summed E-state index contributed by atoms with van der Waals surface area (Å²) in [6.45, 7) is 3.53. The number of carbonyl (C=O) groups is 1. The molecule has 0 bridgehead atoms. The first-order chi connectivity index (χ1) is 15.2. The van der Waals surface area contributed by atoms with Gasteiger partial charge in [0.25, 0.3) is 0 Å². The number of piperidine rings is 1. The number of fused-ring (bicyclic) bond motifs is 1. The number of hydrogen-bond acceptors (Lipinski definition) is 5. The van der Waals surface area contributed by atoms with E-state index in [0.717, 1.165) is 63.2 Å². The van der Waals surface area contributed by atoms with Gasteiger partial charge < -0.3 is 9.80 Å². The van der Waals surface area contributed by atoms with E-state index in [1.54, 1.807) is 4.52 Å². The molecule has 2 aliphatic heterocycles. The number of anilines is 1. The Morgan fingerprint density at radius 1 is 0.871 bits per heavy atom. The van der Waals surface area contributed by atoms with E-state index in [9.17, 15) is 4.79 Å². The van der Waals surface area contributed by atoms with E-state index in [1.807, 2.05) is 36.4 Å². The van der Waals surface area contributed by atoms with Crippen LogP contribution in [0.15, 0.2) is 36.4 Å². The summed E-state index contributed by atoms with van der Waals surface area (Å²) in [6.07, 6.45) is 6.53. The molecule has 0 unspecified atom stereocenters. The lowest BCUT2D eigenvalue weighted by atomic mass is 9.95. The molecule has 7 nitrogen and oxygen atoms in total. The molecular weight excluding hydrogens is 412 g/mol. The van der Waals surface area contributed by atoms with Crippen LogP contribution >= 0.6 is 11.6 Å². The summed E-state index contributed by atoms with van der Waals surface area (Å²) in [6, 6.07) is 11.5. The van der Waals surface area contributed by atoms with Gasteiger partial charge in [-0.2, -0.15) is 4.52 Å². The van der Waals surface area contributed by atoms with Gasteiger partial charge in [0.15, 0.2) is 11.5 Å². The summed E-state index contributed by atoms with van der Waals surface area (Å²) in [5.74, 6) is 2.08. The second kappa shape index (κ2) is 8.83. The molecule has 162 valence electrons. The fourth-order valence-corrected chi connectivity index (χ4v) is 4.76. The summed E-state index contributed by atoms with van der Waals surface area (Å²) < 4.78 is 1.78. The lowest BCUT2D eigenvalue weighted by Crippen LogP contribution is -2.43. The molecule has 0 spiro atoms. The molecule has 2 saturated heterocycles. The second-order valence-corrected chi connectivity index (χ2v) is 8.93. The van der Waals surface area contributed by atoms with Crippen molar-refractivity contribution < 1.29 is 4.79 Å². The van der Waals surface area contributed by atoms with Gasteiger partial charge in [-0.3, -0.25) is 4.79 Å². The number of carbonyl (C=O) groups excluding carboxylic acids is 1. The Hall–Kier alpha value is -2.67. The fourth-order valence-electron chi connectivity index (χ4n) is 4.63. The molecule has 3 aromatic rings. The van der Waals surface area contributed by atoms with E-state index in [4.69, 9.17) is 16.7 Å². The Morgan fingerprint density at radius 2 is 1.58 bits per heavy atom. The zero-order valence-corrected chi connectivity index (χ0v) is 18.3. The molecule has 0 N–H and O–H groups in total. The molecule has 2 aliphatic rings. The van der Waals surface area contributed by atoms with Crippen molar-refractivity contribution in [2.24, 2.45) is 5.92 Å². The van der Waals surface area contributed by atoms with Crippen LogP contribution in [0.25, 0.3) is 17.0 Å². The summed E-state index contributed by atoms with van der Waals surface area (Å²) in [4.78, 5) is 17.3. The van der Waals surface area contributed by atoms with E-state index >= 15 is 0 Å². The van der Waals surface area contributed by atoms with Crippen molar-refractivity contribution in [3.8, 4) is 11.4 Å². The number of hydrogen-bond donors (Lipinski definition) is 0. The van der Waals surface area contributed by atoms with Gasteiger partial charge in [0.05, 0.1) is 0 Å². The molecule has 0 aliphatic carbocycles. The van der Waals surface area contributed by atoms with Gasteiger partial charge >= 0.3 is 0 Å². The zero-order valence-electron chi connectivity index (χ0n) is 17.6. The normalized spacial score (nSPS) is 18.4. The number of halogens is 1. The molecule has 2 fully saturated rings. The molecule has 1 aromatic carbocycles. The molecule has 0 radical (unpaired) electrons. The van der Waals surface area contributed by atoms with E-state index in [-0.39, 0.29) is 5.92 Å². The lowest BCUT2D eigenvalue weighted by Gasteiger charge is -2.34. The SMILES string of the molecule is O=C(C1CCN(c2ccc3nnc(-c4ccc(Cl)cc4)n3n2)CC1)N1CCCCCC1. The highest BCUT2D eigenvalue weighted by atomic mass is 35.5. The predicted octanol–water partition coefficient (Wildman–Crippen LogP) is 4.06. The Balaban J connectivity index is 1.30. The number of rotatable bonds is 3. The molecule has 1 amide bonds. The number of benzene rings is 1. The van der Waals surface area contributed by atoms with Gasteiger partial charge in [-0.05, 0) is 62.1 Å². The lowest BCUT2D eigenvalue weighted by molar-refractivity contribution is -0.136. The van der Waals surface area contributed by atoms with E-state index in [1.165, 1.54) is 12.8 Å². The van der Waals surface area contributed by atoms with Gasteiger partial charge in [-0.1, -0.05) is 24.4 Å². The minimum atomic E-state index is 0.137. The van der Waals surface area contributed by atoms with Crippen LogP contribution in [0.5, 0.6) is 0 Å². The Morgan fingerprint density at radius 3 is 2.29 bits per heavy atom. The highest BCUT2D eigenvalue weighted by Crippen LogP contribution is 2.26. The summed E-state index contributed by atoms with van der Waals surface area (Å²) in [7, 11) is 0. The first-order valence-corrected chi connectivity index (χ1v) is 11.6. The maximum absolute atomic E-state index is 13.0. The highest BCUT2D eigenvalue weighted by molar-refractivity contribution is 6.30. The van der Waals surface area contributed by atoms with Gasteiger partial charge in [-0.25, -0.2) is 0 Å². The molecule has 0 saturated carbocycles. The van der Waals surface area contributed by atoms with Crippen molar-refractivity contribution in [2.45, 2.75) is 38.5 Å². The zero-order chi connectivity index (χ0) is 21.2. The van der Waals surface area contributed by atoms with Crippen molar-refractivity contribution in [1.29, 1.82) is 0 Å². The third-order valence-corrected chi connectivity index (χ3v) is 6.69. The van der Waals surface area contributed by atoms with Crippen molar-refractivity contribution >= 4 is 29.0 Å². The summed E-state index contributed by atoms with van der Waals surface area (Å²) in [5.41, 5.74) is 1.63. The first-order valence-electron chi connectivity index (χ1n) is 11.2. The maximum Gasteiger partial charge on any atom is 0.225 e. The minimum absolute atomic E-state index is 0.137. The van der Waals surface area contributed by atoms with E-state index in [2.05, 4.69) is 20.0 Å². The fraction of sp³-hybridized carbons (Fsp3) is 0.478. The van der Waals surface area contributed by atoms with E-state index < -0.39 is 0 Å². The topological polar surface area (TPSA) is 66.6 Å². The van der Waals surface area contributed by atoms with Crippen molar-refractivity contribution in [3.05, 3.63) is 41.4 Å². The van der Waals surface area contributed by atoms with Crippen LogP contribution < -0.4 is 4.90 Å². The number of aromatic nitrogens is 4. The Bertz CT molecular complexity index is 1050. The Kier molecular flexibility index (Phi) is 5.76. The molecule has 5 rings (SSSR count). The number of amides is 1. The van der Waals surface area contributed by atoms with Crippen LogP contribution in [0.4, 0.5) is 5.82 Å². The largest absolute Gasteiger partial charge is 0.355 e. The average Bonchev–Trinajstić information content (AvgIpc) is 3.04. The van der Waals surface area contributed by atoms with Crippen molar-refractivity contribution in [2.75, 3.05) is 31.1 Å². The highest BCUT2D eigenvalue weighted by Gasteiger charge is 2.29. The number of nitrogens with zero attached hydrogens (tertiary/aromatic N) is 6. The third-order valence-electron chi connectivity index (χ3n) is 6.44. The van der Waals surface area contributed by atoms with Crippen molar-refractivity contribution in [3.63, 3.8) is 0 Å². The molecular formula is C23H27ClN6O. The average molecular weight is 439 g/mol. The summed E-state index contributed by atoms with van der Waals surface area (Å²) in [5, 5.41) is 14.1. The van der Waals surface area contributed by atoms with Crippen LogP contribution in [0.3, 0.4) is 0 Å². The van der Waals surface area contributed by atoms with Gasteiger partial charge in [0.2, 0.25) is 5.91 Å². The van der Waals surface area contributed by atoms with Crippen LogP contribution in [0.1, 0.15) is 38.5 Å². The number of likely N-dealkylation sites (tertiary alicyclic amines) is 1. The van der Waals surface area contributed by atoms with Gasteiger partial charge in [-0.15, -0.1) is 15.3 Å². The molecule has 0 atom stereocenters. The predicted molar refractivity (Wildman–Crippen MR) is 121 cm³/mol. The Labute approximate surface area is 187 Å². The third kappa shape index (κ3) is 4.24. The molecule has 8 heteroatoms. The summed E-state index contributed by atoms with van der Waals surface area (Å²) >= 11 is 6.02. The minimum Gasteiger partial charge on any atom is -0.355 e. The quantitative estimate of drug-likeness (QED) is 0.616. The van der Waals surface area contributed by atoms with Crippen LogP contribution in [0, 0.1) is 5.92 Å². The monoisotopic (exact) mass is 438 g/mol. The van der Waals surface area contributed by atoms with Gasteiger partial charge in [0, 0.05) is 42.7 Å². The van der Waals surface area contributed by atoms with E-state index in [0.29, 0.717) is 22.4 Å². The van der Waals surface area contributed by atoms with Crippen LogP contribution in [-0.2, 0) is 4.79 Å².